The highest BCUT2D eigenvalue weighted by Crippen LogP contribution is 2.20. The Kier molecular flexibility index (Phi) is 4.90. The van der Waals surface area contributed by atoms with Crippen LogP contribution in [0.3, 0.4) is 0 Å². The van der Waals surface area contributed by atoms with Crippen molar-refractivity contribution in [2.75, 3.05) is 6.54 Å². The molecule has 108 valence electrons. The first-order valence-corrected chi connectivity index (χ1v) is 7.07. The molecule has 1 atom stereocenters. The monoisotopic (exact) mass is 318 g/mol. The molecule has 19 heavy (non-hydrogen) atoms. The van der Waals surface area contributed by atoms with Gasteiger partial charge in [-0.05, 0) is 11.4 Å². The van der Waals surface area contributed by atoms with Crippen LogP contribution in [0.4, 0.5) is 13.2 Å². The maximum absolute atomic E-state index is 11.9. The molecule has 0 saturated heterocycles. The first kappa shape index (κ1) is 15.9. The summed E-state index contributed by atoms with van der Waals surface area (Å²) in [6.07, 6.45) is -4.73. The summed E-state index contributed by atoms with van der Waals surface area (Å²) < 4.78 is 61.1. The summed E-state index contributed by atoms with van der Waals surface area (Å²) in [7, 11) is -4.58. The second-order valence-electron chi connectivity index (χ2n) is 3.34. The lowest BCUT2D eigenvalue weighted by Crippen LogP contribution is -2.44. The third-order valence-corrected chi connectivity index (χ3v) is 3.82. The van der Waals surface area contributed by atoms with E-state index in [-0.39, 0.29) is 4.88 Å². The molecule has 0 amide bonds. The van der Waals surface area contributed by atoms with Crippen LogP contribution in [0.5, 0.6) is 0 Å². The first-order valence-electron chi connectivity index (χ1n) is 4.70. The summed E-state index contributed by atoms with van der Waals surface area (Å²) in [4.78, 5) is 11.1. The van der Waals surface area contributed by atoms with Gasteiger partial charge in [-0.3, -0.25) is 4.79 Å². The largest absolute Gasteiger partial charge is 0.480 e. The summed E-state index contributed by atoms with van der Waals surface area (Å²) in [5.74, 6) is -1.51. The maximum Gasteiger partial charge on any atom is 0.402 e. The van der Waals surface area contributed by atoms with E-state index in [1.807, 2.05) is 0 Å². The molecule has 0 spiro atoms. The molecule has 1 unspecified atom stereocenters. The molecule has 0 aliphatic rings. The van der Waals surface area contributed by atoms with Gasteiger partial charge in [-0.2, -0.15) is 31.0 Å². The molecule has 1 aromatic heterocycles. The Morgan fingerprint density at radius 2 is 2.11 bits per heavy atom. The van der Waals surface area contributed by atoms with Gasteiger partial charge in [0.05, 0.1) is 0 Å². The first-order chi connectivity index (χ1) is 8.61. The topological polar surface area (TPSA) is 95.5 Å². The number of carboxylic acids is 1. The van der Waals surface area contributed by atoms with Crippen LogP contribution < -0.4 is 9.44 Å². The number of thiophene rings is 1. The predicted molar refractivity (Wildman–Crippen MR) is 60.8 cm³/mol. The molecule has 6 nitrogen and oxygen atoms in total. The number of alkyl halides is 3. The molecule has 0 bridgehead atoms. The van der Waals surface area contributed by atoms with Gasteiger partial charge in [-0.25, -0.2) is 0 Å². The minimum absolute atomic E-state index is 0.157. The summed E-state index contributed by atoms with van der Waals surface area (Å²) in [6, 6.07) is 1.22. The fraction of sp³-hybridized carbons (Fsp3) is 0.375. The van der Waals surface area contributed by atoms with Crippen molar-refractivity contribution in [3.63, 3.8) is 0 Å². The van der Waals surface area contributed by atoms with Crippen LogP contribution in [0, 0.1) is 0 Å². The van der Waals surface area contributed by atoms with Gasteiger partial charge >= 0.3 is 12.1 Å². The predicted octanol–water partition coefficient (Wildman–Crippen LogP) is 0.860. The van der Waals surface area contributed by atoms with Crippen molar-refractivity contribution >= 4 is 27.5 Å². The fourth-order valence-corrected chi connectivity index (χ4v) is 2.88. The average molecular weight is 318 g/mol. The number of aliphatic carboxylic acids is 1. The fourth-order valence-electron chi connectivity index (χ4n) is 1.06. The Balaban J connectivity index is 2.77. The van der Waals surface area contributed by atoms with Gasteiger partial charge in [-0.15, -0.1) is 11.3 Å². The summed E-state index contributed by atoms with van der Waals surface area (Å²) in [6.45, 7) is -1.78. The zero-order valence-corrected chi connectivity index (χ0v) is 10.8. The normalized spacial score (nSPS) is 14.3. The minimum atomic E-state index is -4.73. The Morgan fingerprint density at radius 1 is 1.47 bits per heavy atom. The van der Waals surface area contributed by atoms with Crippen LogP contribution in [-0.2, 0) is 15.0 Å². The van der Waals surface area contributed by atoms with Crippen molar-refractivity contribution in [2.45, 2.75) is 12.2 Å². The van der Waals surface area contributed by atoms with Crippen LogP contribution in [0.2, 0.25) is 0 Å². The molecule has 1 rings (SSSR count). The molecule has 1 aromatic rings. The molecule has 0 aliphatic carbocycles. The number of carbonyl (C=O) groups is 1. The van der Waals surface area contributed by atoms with Crippen LogP contribution in [0.25, 0.3) is 0 Å². The number of hydrogen-bond acceptors (Lipinski definition) is 4. The number of nitrogens with one attached hydrogen (secondary N) is 2. The van der Waals surface area contributed by atoms with E-state index in [0.29, 0.717) is 0 Å². The van der Waals surface area contributed by atoms with Gasteiger partial charge in [0.25, 0.3) is 10.2 Å². The lowest BCUT2D eigenvalue weighted by Gasteiger charge is -2.14. The number of hydrogen-bond donors (Lipinski definition) is 3. The third kappa shape index (κ3) is 5.55. The van der Waals surface area contributed by atoms with Crippen molar-refractivity contribution in [2.24, 2.45) is 0 Å². The second kappa shape index (κ2) is 5.86. The average Bonchev–Trinajstić information content (AvgIpc) is 2.75. The van der Waals surface area contributed by atoms with Crippen LogP contribution in [0.1, 0.15) is 10.9 Å². The highest BCUT2D eigenvalue weighted by Gasteiger charge is 2.32. The summed E-state index contributed by atoms with van der Waals surface area (Å²) in [5, 5.41) is 10.4. The molecule has 0 fully saturated rings. The van der Waals surface area contributed by atoms with E-state index in [4.69, 9.17) is 5.11 Å². The van der Waals surface area contributed by atoms with Crippen molar-refractivity contribution in [1.29, 1.82) is 0 Å². The zero-order chi connectivity index (χ0) is 14.7. The van der Waals surface area contributed by atoms with E-state index >= 15 is 0 Å². The van der Waals surface area contributed by atoms with Gasteiger partial charge in [-0.1, -0.05) is 6.07 Å². The standard InChI is InChI=1S/C8H9F3N2O4S2/c9-8(10,11)4-12-19(16,17)13-6(7(14)15)5-2-1-3-18-5/h1-3,6,12-13H,4H2,(H,14,15). The van der Waals surface area contributed by atoms with Gasteiger partial charge in [0, 0.05) is 4.88 Å². The summed E-state index contributed by atoms with van der Waals surface area (Å²) >= 11 is 0.966. The van der Waals surface area contributed by atoms with E-state index in [1.54, 1.807) is 4.72 Å². The maximum atomic E-state index is 11.9. The second-order valence-corrected chi connectivity index (χ2v) is 5.85. The van der Waals surface area contributed by atoms with Crippen LogP contribution in [0.15, 0.2) is 17.5 Å². The molecule has 0 aromatic carbocycles. The lowest BCUT2D eigenvalue weighted by atomic mass is 10.3. The molecule has 0 saturated carbocycles. The van der Waals surface area contributed by atoms with E-state index in [0.717, 1.165) is 11.3 Å². The van der Waals surface area contributed by atoms with Gasteiger partial charge < -0.3 is 5.11 Å². The van der Waals surface area contributed by atoms with Gasteiger partial charge in [0.1, 0.15) is 6.54 Å². The minimum Gasteiger partial charge on any atom is -0.480 e. The van der Waals surface area contributed by atoms with E-state index in [2.05, 4.69) is 0 Å². The number of carboxylic acid groups (broad SMARTS) is 1. The molecule has 0 aliphatic heterocycles. The molecular formula is C8H9F3N2O4S2. The lowest BCUT2D eigenvalue weighted by molar-refractivity contribution is -0.139. The Bertz CT molecular complexity index is 527. The van der Waals surface area contributed by atoms with E-state index in [9.17, 15) is 26.4 Å². The van der Waals surface area contributed by atoms with Crippen LogP contribution >= 0.6 is 11.3 Å². The molecule has 0 radical (unpaired) electrons. The van der Waals surface area contributed by atoms with Crippen LogP contribution in [-0.4, -0.2) is 32.2 Å². The molecule has 1 heterocycles. The van der Waals surface area contributed by atoms with Crippen molar-refractivity contribution in [3.8, 4) is 0 Å². The van der Waals surface area contributed by atoms with Crippen molar-refractivity contribution in [3.05, 3.63) is 22.4 Å². The smallest absolute Gasteiger partial charge is 0.402 e. The Hall–Kier alpha value is -1.17. The quantitative estimate of drug-likeness (QED) is 0.725. The highest BCUT2D eigenvalue weighted by atomic mass is 32.2. The molecular weight excluding hydrogens is 309 g/mol. The van der Waals surface area contributed by atoms with Gasteiger partial charge in [0.15, 0.2) is 6.04 Å². The van der Waals surface area contributed by atoms with E-state index < -0.39 is 34.9 Å². The highest BCUT2D eigenvalue weighted by molar-refractivity contribution is 7.87. The van der Waals surface area contributed by atoms with Gasteiger partial charge in [0.2, 0.25) is 0 Å². The zero-order valence-electron chi connectivity index (χ0n) is 9.14. The SMILES string of the molecule is O=C(O)C(NS(=O)(=O)NCC(F)(F)F)c1cccs1. The van der Waals surface area contributed by atoms with Crippen molar-refractivity contribution in [1.82, 2.24) is 9.44 Å². The molecule has 3 N–H and O–H groups in total. The third-order valence-electron chi connectivity index (χ3n) is 1.81. The van der Waals surface area contributed by atoms with E-state index in [1.165, 1.54) is 22.2 Å². The Morgan fingerprint density at radius 3 is 2.53 bits per heavy atom. The Labute approximate surface area is 110 Å². The summed E-state index contributed by atoms with van der Waals surface area (Å²) in [5.41, 5.74) is 0. The molecule has 11 heteroatoms. The number of halogens is 3. The number of rotatable bonds is 6. The van der Waals surface area contributed by atoms with Crippen molar-refractivity contribution < 1.29 is 31.5 Å².